The first-order valence-electron chi connectivity index (χ1n) is 11.3. The van der Waals surface area contributed by atoms with Crippen LogP contribution in [-0.2, 0) is 27.9 Å². The lowest BCUT2D eigenvalue weighted by atomic mass is 10.2. The molecule has 0 unspecified atom stereocenters. The van der Waals surface area contributed by atoms with E-state index >= 15 is 0 Å². The number of nitrogens with one attached hydrogen (secondary N) is 1. The van der Waals surface area contributed by atoms with E-state index in [0.717, 1.165) is 19.3 Å². The molecule has 0 saturated carbocycles. The molecule has 33 heavy (non-hydrogen) atoms. The van der Waals surface area contributed by atoms with Gasteiger partial charge in [-0.15, -0.1) is 0 Å². The number of para-hydroxylation sites is 1. The molecule has 0 bridgehead atoms. The number of rotatable bonds is 8. The van der Waals surface area contributed by atoms with Crippen LogP contribution in [0.15, 0.2) is 64.5 Å². The molecular weight excluding hydrogens is 440 g/mol. The van der Waals surface area contributed by atoms with E-state index in [4.69, 9.17) is 0 Å². The Morgan fingerprint density at radius 3 is 2.55 bits per heavy atom. The Hall–Kier alpha value is -3.04. The van der Waals surface area contributed by atoms with Crippen molar-refractivity contribution in [2.75, 3.05) is 13.1 Å². The lowest BCUT2D eigenvalue weighted by Gasteiger charge is -2.26. The molecule has 1 N–H and O–H groups in total. The molecule has 1 fully saturated rings. The minimum absolute atomic E-state index is 0.127. The van der Waals surface area contributed by atoms with Crippen LogP contribution in [0.25, 0.3) is 10.9 Å². The number of nitrogens with zero attached hydrogens (tertiary/aromatic N) is 3. The Balaban J connectivity index is 1.34. The van der Waals surface area contributed by atoms with Gasteiger partial charge in [0, 0.05) is 32.6 Å². The van der Waals surface area contributed by atoms with Gasteiger partial charge in [0.25, 0.3) is 5.56 Å². The highest BCUT2D eigenvalue weighted by Gasteiger charge is 2.27. The summed E-state index contributed by atoms with van der Waals surface area (Å²) in [6, 6.07) is 14.0. The SMILES string of the molecule is O=C(CCCn1cnc2ccccc2c1=O)NCc1ccccc1S(=O)(=O)N1CCCCC1. The highest BCUT2D eigenvalue weighted by molar-refractivity contribution is 7.89. The molecule has 1 saturated heterocycles. The molecule has 3 aromatic rings. The van der Waals surface area contributed by atoms with Crippen molar-refractivity contribution in [3.63, 3.8) is 0 Å². The van der Waals surface area contributed by atoms with Crippen molar-refractivity contribution in [1.29, 1.82) is 0 Å². The summed E-state index contributed by atoms with van der Waals surface area (Å²) in [5.74, 6) is -0.193. The predicted octanol–water partition coefficient (Wildman–Crippen LogP) is 2.67. The summed E-state index contributed by atoms with van der Waals surface area (Å²) in [6.45, 7) is 1.58. The first kappa shape index (κ1) is 23.1. The molecule has 2 heterocycles. The molecule has 1 aromatic heterocycles. The number of aryl methyl sites for hydroxylation is 1. The molecule has 1 aliphatic rings. The maximum Gasteiger partial charge on any atom is 0.261 e. The summed E-state index contributed by atoms with van der Waals surface area (Å²) in [5, 5.41) is 3.37. The van der Waals surface area contributed by atoms with Gasteiger partial charge in [0.1, 0.15) is 0 Å². The van der Waals surface area contributed by atoms with Gasteiger partial charge >= 0.3 is 0 Å². The largest absolute Gasteiger partial charge is 0.352 e. The smallest absolute Gasteiger partial charge is 0.261 e. The number of hydrogen-bond donors (Lipinski definition) is 1. The average Bonchev–Trinajstić information content (AvgIpc) is 2.85. The molecule has 0 radical (unpaired) electrons. The number of sulfonamides is 1. The fourth-order valence-corrected chi connectivity index (χ4v) is 5.84. The van der Waals surface area contributed by atoms with Crippen LogP contribution in [-0.4, -0.2) is 41.3 Å². The van der Waals surface area contributed by atoms with Gasteiger partial charge in [-0.2, -0.15) is 4.31 Å². The molecule has 1 amide bonds. The third-order valence-electron chi connectivity index (χ3n) is 5.92. The second-order valence-corrected chi connectivity index (χ2v) is 10.1. The Bertz CT molecular complexity index is 1300. The number of amides is 1. The van der Waals surface area contributed by atoms with Crippen LogP contribution >= 0.6 is 0 Å². The number of hydrogen-bond acceptors (Lipinski definition) is 5. The predicted molar refractivity (Wildman–Crippen MR) is 126 cm³/mol. The second kappa shape index (κ2) is 10.3. The zero-order chi connectivity index (χ0) is 23.3. The normalized spacial score (nSPS) is 14.9. The Kier molecular flexibility index (Phi) is 7.20. The quantitative estimate of drug-likeness (QED) is 0.548. The Morgan fingerprint density at radius 1 is 1.00 bits per heavy atom. The van der Waals surface area contributed by atoms with Crippen LogP contribution in [0.4, 0.5) is 0 Å². The summed E-state index contributed by atoms with van der Waals surface area (Å²) in [5.41, 5.74) is 1.10. The topological polar surface area (TPSA) is 101 Å². The van der Waals surface area contributed by atoms with Crippen molar-refractivity contribution < 1.29 is 13.2 Å². The monoisotopic (exact) mass is 468 g/mol. The summed E-state index contributed by atoms with van der Waals surface area (Å²) >= 11 is 0. The van der Waals surface area contributed by atoms with Gasteiger partial charge < -0.3 is 5.32 Å². The minimum atomic E-state index is -3.58. The first-order chi connectivity index (χ1) is 16.0. The molecule has 0 spiro atoms. The summed E-state index contributed by atoms with van der Waals surface area (Å²) in [7, 11) is -3.58. The number of fused-ring (bicyclic) bond motifs is 1. The van der Waals surface area contributed by atoms with Crippen molar-refractivity contribution in [2.24, 2.45) is 0 Å². The van der Waals surface area contributed by atoms with Crippen LogP contribution in [0.2, 0.25) is 0 Å². The van der Waals surface area contributed by atoms with Crippen molar-refractivity contribution in [2.45, 2.75) is 50.1 Å². The maximum atomic E-state index is 13.1. The number of aromatic nitrogens is 2. The molecule has 2 aromatic carbocycles. The van der Waals surface area contributed by atoms with Gasteiger partial charge in [0.2, 0.25) is 15.9 Å². The summed E-state index contributed by atoms with van der Waals surface area (Å²) in [6.07, 6.45) is 4.98. The zero-order valence-corrected chi connectivity index (χ0v) is 19.3. The average molecular weight is 469 g/mol. The van der Waals surface area contributed by atoms with E-state index in [1.165, 1.54) is 15.2 Å². The molecular formula is C24H28N4O4S. The van der Waals surface area contributed by atoms with Gasteiger partial charge in [-0.1, -0.05) is 36.8 Å². The summed E-state index contributed by atoms with van der Waals surface area (Å²) < 4.78 is 29.2. The number of carbonyl (C=O) groups is 1. The molecule has 9 heteroatoms. The van der Waals surface area contributed by atoms with E-state index in [1.54, 1.807) is 42.5 Å². The van der Waals surface area contributed by atoms with Gasteiger partial charge in [-0.3, -0.25) is 14.2 Å². The van der Waals surface area contributed by atoms with Crippen LogP contribution in [0.1, 0.15) is 37.7 Å². The third kappa shape index (κ3) is 5.31. The number of carbonyl (C=O) groups excluding carboxylic acids is 1. The fraction of sp³-hybridized carbons (Fsp3) is 0.375. The highest BCUT2D eigenvalue weighted by Crippen LogP contribution is 2.23. The van der Waals surface area contributed by atoms with Gasteiger partial charge in [0.05, 0.1) is 22.1 Å². The van der Waals surface area contributed by atoms with Crippen molar-refractivity contribution in [3.05, 3.63) is 70.8 Å². The van der Waals surface area contributed by atoms with Gasteiger partial charge in [-0.05, 0) is 43.0 Å². The molecule has 0 aliphatic carbocycles. The number of benzene rings is 2. The van der Waals surface area contributed by atoms with Crippen molar-refractivity contribution in [1.82, 2.24) is 19.2 Å². The van der Waals surface area contributed by atoms with Gasteiger partial charge in [-0.25, -0.2) is 13.4 Å². The summed E-state index contributed by atoms with van der Waals surface area (Å²) in [4.78, 5) is 29.5. The maximum absolute atomic E-state index is 13.1. The van der Waals surface area contributed by atoms with Crippen molar-refractivity contribution in [3.8, 4) is 0 Å². The molecule has 174 valence electrons. The molecule has 4 rings (SSSR count). The lowest BCUT2D eigenvalue weighted by molar-refractivity contribution is -0.121. The van der Waals surface area contributed by atoms with E-state index in [1.807, 2.05) is 6.07 Å². The minimum Gasteiger partial charge on any atom is -0.352 e. The Labute approximate surface area is 193 Å². The molecule has 8 nitrogen and oxygen atoms in total. The number of piperidine rings is 1. The molecule has 0 atom stereocenters. The second-order valence-electron chi connectivity index (χ2n) is 8.21. The van der Waals surface area contributed by atoms with Crippen LogP contribution in [0, 0.1) is 0 Å². The first-order valence-corrected chi connectivity index (χ1v) is 12.7. The van der Waals surface area contributed by atoms with Crippen LogP contribution < -0.4 is 10.9 Å². The van der Waals surface area contributed by atoms with E-state index in [2.05, 4.69) is 10.3 Å². The fourth-order valence-electron chi connectivity index (χ4n) is 4.10. The standard InChI is InChI=1S/C24H28N4O4S/c29-23(13-8-14-27-18-26-21-11-4-3-10-20(21)24(27)30)25-17-19-9-2-5-12-22(19)33(31,32)28-15-6-1-7-16-28/h2-5,9-12,18H,1,6-8,13-17H2,(H,25,29). The van der Waals surface area contributed by atoms with Crippen LogP contribution in [0.3, 0.4) is 0 Å². The third-order valence-corrected chi connectivity index (χ3v) is 7.91. The van der Waals surface area contributed by atoms with Crippen molar-refractivity contribution >= 4 is 26.8 Å². The van der Waals surface area contributed by atoms with E-state index in [9.17, 15) is 18.0 Å². The molecule has 1 aliphatic heterocycles. The highest BCUT2D eigenvalue weighted by atomic mass is 32.2. The van der Waals surface area contributed by atoms with E-state index in [0.29, 0.717) is 42.5 Å². The van der Waals surface area contributed by atoms with E-state index < -0.39 is 10.0 Å². The van der Waals surface area contributed by atoms with E-state index in [-0.39, 0.29) is 29.3 Å². The Morgan fingerprint density at radius 2 is 1.73 bits per heavy atom. The zero-order valence-electron chi connectivity index (χ0n) is 18.4. The lowest BCUT2D eigenvalue weighted by Crippen LogP contribution is -2.36. The van der Waals surface area contributed by atoms with Crippen LogP contribution in [0.5, 0.6) is 0 Å². The van der Waals surface area contributed by atoms with Gasteiger partial charge in [0.15, 0.2) is 0 Å².